The second-order valence-corrected chi connectivity index (χ2v) is 10.5. The molecule has 35 heavy (non-hydrogen) atoms. The first kappa shape index (κ1) is 34.4. The molecule has 0 aromatic heterocycles. The van der Waals surface area contributed by atoms with Crippen molar-refractivity contribution in [3.8, 4) is 0 Å². The van der Waals surface area contributed by atoms with Crippen molar-refractivity contribution < 1.29 is 19.4 Å². The molecule has 4 heteroatoms. The monoisotopic (exact) mass is 498 g/mol. The molecule has 0 heterocycles. The fourth-order valence-corrected chi connectivity index (χ4v) is 4.54. The highest BCUT2D eigenvalue weighted by Crippen LogP contribution is 2.15. The Morgan fingerprint density at radius 1 is 0.571 bits per heavy atom. The Bertz CT molecular complexity index is 413. The van der Waals surface area contributed by atoms with Gasteiger partial charge in [0.05, 0.1) is 13.2 Å². The number of hydrogen-bond donors (Lipinski definition) is 1. The Morgan fingerprint density at radius 2 is 0.943 bits per heavy atom. The lowest BCUT2D eigenvalue weighted by molar-refractivity contribution is -0.154. The summed E-state index contributed by atoms with van der Waals surface area (Å²) < 4.78 is 10.8. The molecular weight excluding hydrogens is 436 g/mol. The molecule has 0 spiro atoms. The second kappa shape index (κ2) is 29.6. The van der Waals surface area contributed by atoms with E-state index in [0.29, 0.717) is 19.6 Å². The zero-order valence-electron chi connectivity index (χ0n) is 23.8. The van der Waals surface area contributed by atoms with Gasteiger partial charge in [-0.1, -0.05) is 149 Å². The normalized spacial score (nSPS) is 12.2. The molecular formula is C31H62O4. The van der Waals surface area contributed by atoms with Crippen molar-refractivity contribution in [2.45, 2.75) is 174 Å². The summed E-state index contributed by atoms with van der Waals surface area (Å²) in [6, 6.07) is 0. The maximum atomic E-state index is 11.6. The minimum absolute atomic E-state index is 0.169. The molecule has 0 aromatic carbocycles. The summed E-state index contributed by atoms with van der Waals surface area (Å²) in [7, 11) is 0. The number of esters is 1. The molecule has 210 valence electrons. The predicted octanol–water partition coefficient (Wildman–Crippen LogP) is 9.31. The summed E-state index contributed by atoms with van der Waals surface area (Å²) in [5, 5.41) is 9.32. The maximum absolute atomic E-state index is 11.6. The van der Waals surface area contributed by atoms with E-state index in [2.05, 4.69) is 6.92 Å². The van der Waals surface area contributed by atoms with Gasteiger partial charge in [-0.05, 0) is 12.8 Å². The quantitative estimate of drug-likeness (QED) is 0.0824. The van der Waals surface area contributed by atoms with Crippen LogP contribution in [-0.2, 0) is 14.3 Å². The number of hydrogen-bond acceptors (Lipinski definition) is 4. The molecule has 0 bridgehead atoms. The van der Waals surface area contributed by atoms with Crippen molar-refractivity contribution in [1.29, 1.82) is 0 Å². The van der Waals surface area contributed by atoms with Crippen molar-refractivity contribution in [3.05, 3.63) is 0 Å². The van der Waals surface area contributed by atoms with E-state index in [1.54, 1.807) is 0 Å². The minimum atomic E-state index is -0.519. The third-order valence-corrected chi connectivity index (χ3v) is 6.93. The molecule has 0 aromatic rings. The number of ether oxygens (including phenoxy) is 2. The Kier molecular flexibility index (Phi) is 29.1. The van der Waals surface area contributed by atoms with Gasteiger partial charge in [-0.25, -0.2) is 0 Å². The van der Waals surface area contributed by atoms with Crippen LogP contribution in [0.4, 0.5) is 0 Å². The molecule has 0 fully saturated rings. The average Bonchev–Trinajstić information content (AvgIpc) is 2.87. The summed E-state index contributed by atoms with van der Waals surface area (Å²) in [4.78, 5) is 11.6. The Morgan fingerprint density at radius 3 is 1.31 bits per heavy atom. The van der Waals surface area contributed by atoms with Gasteiger partial charge in [-0.15, -0.1) is 0 Å². The van der Waals surface area contributed by atoms with E-state index in [0.717, 1.165) is 19.3 Å². The molecule has 1 N–H and O–H groups in total. The number of carbonyl (C=O) groups is 1. The van der Waals surface area contributed by atoms with E-state index in [4.69, 9.17) is 9.47 Å². The lowest BCUT2D eigenvalue weighted by atomic mass is 10.0. The zero-order valence-corrected chi connectivity index (χ0v) is 23.8. The number of carbonyl (C=O) groups excluding carboxylic acids is 1. The SMILES string of the molecule is CCCCCCCCCCCCCCCCCCCCCCCOCC(CO)OC(=O)CCCC. The van der Waals surface area contributed by atoms with Crippen molar-refractivity contribution in [1.82, 2.24) is 0 Å². The van der Waals surface area contributed by atoms with E-state index < -0.39 is 6.10 Å². The first-order valence-electron chi connectivity index (χ1n) is 15.6. The molecule has 0 saturated heterocycles. The van der Waals surface area contributed by atoms with Gasteiger partial charge in [-0.2, -0.15) is 0 Å². The molecule has 0 amide bonds. The Labute approximate surface area is 219 Å². The maximum Gasteiger partial charge on any atom is 0.306 e. The molecule has 0 rings (SSSR count). The molecule has 0 saturated carbocycles. The van der Waals surface area contributed by atoms with Crippen molar-refractivity contribution in [2.24, 2.45) is 0 Å². The molecule has 4 nitrogen and oxygen atoms in total. The van der Waals surface area contributed by atoms with Crippen LogP contribution in [0.3, 0.4) is 0 Å². The predicted molar refractivity (Wildman–Crippen MR) is 150 cm³/mol. The van der Waals surface area contributed by atoms with Crippen molar-refractivity contribution in [2.75, 3.05) is 19.8 Å². The van der Waals surface area contributed by atoms with Gasteiger partial charge in [0.15, 0.2) is 0 Å². The summed E-state index contributed by atoms with van der Waals surface area (Å²) in [5.74, 6) is -0.233. The molecule has 0 aliphatic carbocycles. The molecule has 0 radical (unpaired) electrons. The highest BCUT2D eigenvalue weighted by molar-refractivity contribution is 5.69. The van der Waals surface area contributed by atoms with E-state index in [1.807, 2.05) is 6.92 Å². The molecule has 1 unspecified atom stereocenters. The van der Waals surface area contributed by atoms with E-state index in [9.17, 15) is 9.90 Å². The molecule has 0 aliphatic heterocycles. The largest absolute Gasteiger partial charge is 0.457 e. The summed E-state index contributed by atoms with van der Waals surface area (Å²) in [5.41, 5.74) is 0. The minimum Gasteiger partial charge on any atom is -0.457 e. The first-order valence-corrected chi connectivity index (χ1v) is 15.6. The van der Waals surface area contributed by atoms with Crippen LogP contribution in [0.25, 0.3) is 0 Å². The highest BCUT2D eigenvalue weighted by Gasteiger charge is 2.13. The molecule has 0 aliphatic rings. The smallest absolute Gasteiger partial charge is 0.306 e. The van der Waals surface area contributed by atoms with Crippen molar-refractivity contribution in [3.63, 3.8) is 0 Å². The number of rotatable bonds is 29. The average molecular weight is 499 g/mol. The van der Waals surface area contributed by atoms with Gasteiger partial charge < -0.3 is 14.6 Å². The molecule has 1 atom stereocenters. The fourth-order valence-electron chi connectivity index (χ4n) is 4.54. The van der Waals surface area contributed by atoms with E-state index in [-0.39, 0.29) is 12.6 Å². The van der Waals surface area contributed by atoms with Gasteiger partial charge in [0.1, 0.15) is 6.10 Å². The highest BCUT2D eigenvalue weighted by atomic mass is 16.6. The van der Waals surface area contributed by atoms with Crippen LogP contribution in [0.1, 0.15) is 168 Å². The van der Waals surface area contributed by atoms with Crippen LogP contribution < -0.4 is 0 Å². The third kappa shape index (κ3) is 27.8. The van der Waals surface area contributed by atoms with E-state index in [1.165, 1.54) is 128 Å². The lowest BCUT2D eigenvalue weighted by Crippen LogP contribution is -2.27. The topological polar surface area (TPSA) is 55.8 Å². The van der Waals surface area contributed by atoms with Gasteiger partial charge in [0.25, 0.3) is 0 Å². The summed E-state index contributed by atoms with van der Waals surface area (Å²) >= 11 is 0. The number of aliphatic hydroxyl groups is 1. The van der Waals surface area contributed by atoms with Crippen molar-refractivity contribution >= 4 is 5.97 Å². The zero-order chi connectivity index (χ0) is 25.7. The third-order valence-electron chi connectivity index (χ3n) is 6.93. The van der Waals surface area contributed by atoms with Gasteiger partial charge >= 0.3 is 5.97 Å². The van der Waals surface area contributed by atoms with Gasteiger partial charge in [-0.3, -0.25) is 4.79 Å². The summed E-state index contributed by atoms with van der Waals surface area (Å²) in [6.07, 6.45) is 30.8. The van der Waals surface area contributed by atoms with E-state index >= 15 is 0 Å². The van der Waals surface area contributed by atoms with Gasteiger partial charge in [0.2, 0.25) is 0 Å². The van der Waals surface area contributed by atoms with Gasteiger partial charge in [0, 0.05) is 13.0 Å². The Hall–Kier alpha value is -0.610. The standard InChI is InChI=1S/C31H62O4/c1-3-5-7-8-9-10-11-12-13-14-15-16-17-18-19-20-21-22-23-24-25-27-34-29-30(28-32)35-31(33)26-6-4-2/h30,32H,3-29H2,1-2H3. The number of aliphatic hydroxyl groups excluding tert-OH is 1. The van der Waals surface area contributed by atoms with Crippen LogP contribution in [0.15, 0.2) is 0 Å². The second-order valence-electron chi connectivity index (χ2n) is 10.5. The first-order chi connectivity index (χ1) is 17.2. The lowest BCUT2D eigenvalue weighted by Gasteiger charge is -2.15. The van der Waals surface area contributed by atoms with Crippen LogP contribution >= 0.6 is 0 Å². The number of unbranched alkanes of at least 4 members (excludes halogenated alkanes) is 21. The summed E-state index contributed by atoms with van der Waals surface area (Å²) in [6.45, 7) is 5.14. The Balaban J connectivity index is 3.21. The van der Waals surface area contributed by atoms with Crippen LogP contribution in [0, 0.1) is 0 Å². The fraction of sp³-hybridized carbons (Fsp3) is 0.968. The van der Waals surface area contributed by atoms with Crippen LogP contribution in [0.5, 0.6) is 0 Å². The van der Waals surface area contributed by atoms with Crippen LogP contribution in [-0.4, -0.2) is 37.0 Å². The van der Waals surface area contributed by atoms with Crippen LogP contribution in [0.2, 0.25) is 0 Å².